The van der Waals surface area contributed by atoms with E-state index in [-0.39, 0.29) is 0 Å². The van der Waals surface area contributed by atoms with Crippen molar-refractivity contribution in [3.05, 3.63) is 264 Å². The topological polar surface area (TPSA) is 12.5 Å². The number of hydrogen-bond donors (Lipinski definition) is 0. The molecule has 13 rings (SSSR count). The Balaban J connectivity index is 0.965. The van der Waals surface area contributed by atoms with Gasteiger partial charge in [0.25, 0.3) is 0 Å². The zero-order valence-electron chi connectivity index (χ0n) is 35.8. The minimum absolute atomic E-state index is 0.591. The van der Waals surface area contributed by atoms with Crippen LogP contribution in [0.3, 0.4) is 0 Å². The first-order chi connectivity index (χ1) is 32.2. The molecule has 2 heteroatoms. The van der Waals surface area contributed by atoms with E-state index in [9.17, 15) is 0 Å². The van der Waals surface area contributed by atoms with E-state index >= 15 is 0 Å². The summed E-state index contributed by atoms with van der Waals surface area (Å²) in [5.41, 5.74) is 20.0. The summed E-state index contributed by atoms with van der Waals surface area (Å²) in [5.74, 6) is 1.93. The zero-order valence-corrected chi connectivity index (χ0v) is 35.8. The molecule has 1 spiro atoms. The molecule has 2 nitrogen and oxygen atoms in total. The summed E-state index contributed by atoms with van der Waals surface area (Å²) in [4.78, 5) is 2.37. The maximum atomic E-state index is 7.24. The lowest BCUT2D eigenvalue weighted by atomic mass is 9.65. The standard InChI is InChI=1S/C63H43NO/c1-3-15-42(16-4-1)43-29-31-44(32-30-43)45-33-37-50(38-34-45)64(49-20-5-2-6-21-49)51-22-13-19-48(41-51)52-26-14-28-57-60(52)55-25-11-12-27-56(55)63(57)58-39-35-46-17-7-9-23-53(46)61(58)65-62-54-24-10-8-18-47(54)36-40-59(62)63/h1-7,9-17,19-41H,8,18H2. The molecule has 0 aromatic heterocycles. The number of hydrogen-bond acceptors (Lipinski definition) is 2. The van der Waals surface area contributed by atoms with E-state index in [4.69, 9.17) is 4.74 Å². The molecule has 10 aromatic carbocycles. The Bertz CT molecular complexity index is 3500. The minimum atomic E-state index is -0.591. The molecule has 65 heavy (non-hydrogen) atoms. The SMILES string of the molecule is C1=Cc2c(ccc3c2Oc2c(ccc4ccccc24)C32c3ccccc3-c3c(-c4cccc(N(c5ccccc5)c5ccc(-c6ccc(-c7ccccc7)cc6)cc5)c4)cccc32)CC1. The van der Waals surface area contributed by atoms with E-state index in [1.807, 2.05) is 0 Å². The van der Waals surface area contributed by atoms with Gasteiger partial charge in [-0.15, -0.1) is 0 Å². The Morgan fingerprint density at radius 2 is 0.985 bits per heavy atom. The van der Waals surface area contributed by atoms with Crippen LogP contribution in [0.25, 0.3) is 61.4 Å². The summed E-state index contributed by atoms with van der Waals surface area (Å²) < 4.78 is 7.24. The van der Waals surface area contributed by atoms with Gasteiger partial charge in [0.1, 0.15) is 11.5 Å². The van der Waals surface area contributed by atoms with Crippen LogP contribution >= 0.6 is 0 Å². The Morgan fingerprint density at radius 1 is 0.400 bits per heavy atom. The lowest BCUT2D eigenvalue weighted by Gasteiger charge is -2.41. The molecule has 10 aromatic rings. The van der Waals surface area contributed by atoms with Crippen molar-refractivity contribution in [3.63, 3.8) is 0 Å². The second-order valence-electron chi connectivity index (χ2n) is 17.5. The third-order valence-corrected chi connectivity index (χ3v) is 14.0. The number of aryl methyl sites for hydroxylation is 1. The lowest BCUT2D eigenvalue weighted by Crippen LogP contribution is -2.32. The first-order valence-electron chi connectivity index (χ1n) is 22.7. The summed E-state index contributed by atoms with van der Waals surface area (Å²) in [7, 11) is 0. The number of fused-ring (bicyclic) bond motifs is 13. The van der Waals surface area contributed by atoms with Gasteiger partial charge >= 0.3 is 0 Å². The van der Waals surface area contributed by atoms with Gasteiger partial charge in [0.05, 0.1) is 5.41 Å². The molecule has 1 aliphatic heterocycles. The molecular weight excluding hydrogens is 787 g/mol. The highest BCUT2D eigenvalue weighted by molar-refractivity contribution is 6.00. The average Bonchev–Trinajstić information content (AvgIpc) is 3.68. The summed E-state index contributed by atoms with van der Waals surface area (Å²) in [6.45, 7) is 0. The number of allylic oxidation sites excluding steroid dienone is 1. The van der Waals surface area contributed by atoms with E-state index < -0.39 is 5.41 Å². The smallest absolute Gasteiger partial charge is 0.140 e. The molecule has 0 fully saturated rings. The Morgan fingerprint density at radius 3 is 1.80 bits per heavy atom. The van der Waals surface area contributed by atoms with Crippen LogP contribution in [0.4, 0.5) is 17.1 Å². The van der Waals surface area contributed by atoms with Crippen molar-refractivity contribution >= 4 is 33.9 Å². The van der Waals surface area contributed by atoms with Gasteiger partial charge in [-0.3, -0.25) is 0 Å². The normalized spacial score (nSPS) is 15.1. The fourth-order valence-corrected chi connectivity index (χ4v) is 11.1. The fourth-order valence-electron chi connectivity index (χ4n) is 11.1. The van der Waals surface area contributed by atoms with Gasteiger partial charge in [0.15, 0.2) is 0 Å². The predicted octanol–water partition coefficient (Wildman–Crippen LogP) is 16.7. The largest absolute Gasteiger partial charge is 0.455 e. The maximum absolute atomic E-state index is 7.24. The Kier molecular flexibility index (Phi) is 8.60. The van der Waals surface area contributed by atoms with Gasteiger partial charge in [-0.2, -0.15) is 0 Å². The van der Waals surface area contributed by atoms with Gasteiger partial charge in [0.2, 0.25) is 0 Å². The number of rotatable bonds is 6. The summed E-state index contributed by atoms with van der Waals surface area (Å²) in [5, 5.41) is 2.31. The van der Waals surface area contributed by atoms with Crippen molar-refractivity contribution in [2.45, 2.75) is 18.3 Å². The average molecular weight is 830 g/mol. The van der Waals surface area contributed by atoms with Crippen molar-refractivity contribution in [1.82, 2.24) is 0 Å². The molecule has 0 saturated carbocycles. The molecule has 0 saturated heterocycles. The monoisotopic (exact) mass is 829 g/mol. The molecule has 0 bridgehead atoms. The van der Waals surface area contributed by atoms with Gasteiger partial charge in [-0.1, -0.05) is 200 Å². The molecule has 306 valence electrons. The molecule has 2 aliphatic carbocycles. The van der Waals surface area contributed by atoms with Crippen LogP contribution in [-0.4, -0.2) is 0 Å². The third kappa shape index (κ3) is 5.81. The highest BCUT2D eigenvalue weighted by Gasteiger charge is 2.52. The molecule has 0 amide bonds. The van der Waals surface area contributed by atoms with Crippen LogP contribution in [0.1, 0.15) is 39.8 Å². The molecule has 1 atom stereocenters. The van der Waals surface area contributed by atoms with Crippen LogP contribution < -0.4 is 9.64 Å². The van der Waals surface area contributed by atoms with Gasteiger partial charge in [-0.05, 0) is 116 Å². The fraction of sp³-hybridized carbons (Fsp3) is 0.0476. The predicted molar refractivity (Wildman–Crippen MR) is 270 cm³/mol. The molecular formula is C63H43NO. The van der Waals surface area contributed by atoms with Gasteiger partial charge in [0, 0.05) is 39.1 Å². The number of para-hydroxylation sites is 1. The van der Waals surface area contributed by atoms with E-state index in [1.165, 1.54) is 83.3 Å². The molecule has 0 N–H and O–H groups in total. The van der Waals surface area contributed by atoms with Crippen molar-refractivity contribution < 1.29 is 4.74 Å². The number of benzene rings is 10. The zero-order chi connectivity index (χ0) is 42.9. The Hall–Kier alpha value is -8.20. The van der Waals surface area contributed by atoms with E-state index in [0.717, 1.165) is 46.8 Å². The number of ether oxygens (including phenoxy) is 1. The van der Waals surface area contributed by atoms with Crippen molar-refractivity contribution in [1.29, 1.82) is 0 Å². The summed E-state index contributed by atoms with van der Waals surface area (Å²) in [6, 6.07) is 82.3. The third-order valence-electron chi connectivity index (χ3n) is 14.0. The quantitative estimate of drug-likeness (QED) is 0.166. The first kappa shape index (κ1) is 37.4. The van der Waals surface area contributed by atoms with Crippen molar-refractivity contribution in [2.24, 2.45) is 0 Å². The van der Waals surface area contributed by atoms with Crippen LogP contribution in [0.5, 0.6) is 11.5 Å². The van der Waals surface area contributed by atoms with E-state index in [1.54, 1.807) is 0 Å². The van der Waals surface area contributed by atoms with E-state index in [0.29, 0.717) is 0 Å². The van der Waals surface area contributed by atoms with Crippen LogP contribution in [0, 0.1) is 0 Å². The van der Waals surface area contributed by atoms with Crippen molar-refractivity contribution in [3.8, 4) is 56.0 Å². The second-order valence-corrected chi connectivity index (χ2v) is 17.5. The lowest BCUT2D eigenvalue weighted by molar-refractivity contribution is 0.439. The minimum Gasteiger partial charge on any atom is -0.455 e. The number of anilines is 3. The van der Waals surface area contributed by atoms with Gasteiger partial charge < -0.3 is 9.64 Å². The number of nitrogens with zero attached hydrogens (tertiary/aromatic N) is 1. The first-order valence-corrected chi connectivity index (χ1v) is 22.7. The Labute approximate surface area is 380 Å². The summed E-state index contributed by atoms with van der Waals surface area (Å²) in [6.07, 6.45) is 6.65. The molecule has 0 radical (unpaired) electrons. The second kappa shape index (κ2) is 15.0. The van der Waals surface area contributed by atoms with Crippen LogP contribution in [-0.2, 0) is 11.8 Å². The van der Waals surface area contributed by atoms with E-state index in [2.05, 4.69) is 242 Å². The highest BCUT2D eigenvalue weighted by Crippen LogP contribution is 2.65. The van der Waals surface area contributed by atoms with Gasteiger partial charge in [-0.25, -0.2) is 0 Å². The van der Waals surface area contributed by atoms with Crippen LogP contribution in [0.2, 0.25) is 0 Å². The molecule has 3 aliphatic rings. The highest BCUT2D eigenvalue weighted by atomic mass is 16.5. The maximum Gasteiger partial charge on any atom is 0.140 e. The van der Waals surface area contributed by atoms with Crippen molar-refractivity contribution in [2.75, 3.05) is 4.90 Å². The molecule has 1 heterocycles. The summed E-state index contributed by atoms with van der Waals surface area (Å²) >= 11 is 0. The van der Waals surface area contributed by atoms with Crippen LogP contribution in [0.15, 0.2) is 231 Å². The molecule has 1 unspecified atom stereocenters.